The normalized spacial score (nSPS) is 28.1. The van der Waals surface area contributed by atoms with Gasteiger partial charge in [0, 0.05) is 64.1 Å². The summed E-state index contributed by atoms with van der Waals surface area (Å²) >= 11 is 0. The van der Waals surface area contributed by atoms with Gasteiger partial charge in [0.15, 0.2) is 0 Å². The fraction of sp³-hybridized carbons (Fsp3) is 0.625. The molecule has 4 unspecified atom stereocenters. The number of ether oxygens (including phenoxy) is 1. The Morgan fingerprint density at radius 2 is 1.86 bits per heavy atom. The lowest BCUT2D eigenvalue weighted by Gasteiger charge is -2.31. The molecule has 37 heavy (non-hydrogen) atoms. The van der Waals surface area contributed by atoms with Gasteiger partial charge in [0.25, 0.3) is 0 Å². The maximum Gasteiger partial charge on any atom is 0.226 e. The first-order valence-electron chi connectivity index (χ1n) is 14.6. The SMILES string of the molecule is C=C.CCCC.O=C(C1CCC(NC2CCOCC2)C1)N1CCc2ccc(C3=CN=CC4CC34)cc2C1.[HH]. The van der Waals surface area contributed by atoms with Crippen LogP contribution in [-0.2, 0) is 22.5 Å². The fourth-order valence-electron chi connectivity index (χ4n) is 6.09. The number of unbranched alkanes of at least 4 members (excludes halogenated alkanes) is 1. The number of rotatable bonds is 5. The second-order valence-electron chi connectivity index (χ2n) is 11.1. The van der Waals surface area contributed by atoms with Gasteiger partial charge in [-0.1, -0.05) is 38.8 Å². The van der Waals surface area contributed by atoms with Gasteiger partial charge < -0.3 is 15.0 Å². The van der Waals surface area contributed by atoms with Gasteiger partial charge in [-0.05, 0) is 79.2 Å². The van der Waals surface area contributed by atoms with Crippen LogP contribution in [0.3, 0.4) is 0 Å². The summed E-state index contributed by atoms with van der Waals surface area (Å²) < 4.78 is 5.48. The summed E-state index contributed by atoms with van der Waals surface area (Å²) in [6.45, 7) is 13.7. The van der Waals surface area contributed by atoms with Gasteiger partial charge in [-0.25, -0.2) is 0 Å². The minimum atomic E-state index is 0. The monoisotopic (exact) mass is 507 g/mol. The maximum atomic E-state index is 13.3. The Balaban J connectivity index is 0.000000526. The van der Waals surface area contributed by atoms with E-state index < -0.39 is 0 Å². The number of carbonyl (C=O) groups excluding carboxylic acids is 1. The van der Waals surface area contributed by atoms with Crippen molar-refractivity contribution in [3.05, 3.63) is 54.2 Å². The van der Waals surface area contributed by atoms with E-state index in [1.165, 1.54) is 41.5 Å². The van der Waals surface area contributed by atoms with Crippen LogP contribution in [0.1, 0.15) is 83.3 Å². The number of nitrogens with zero attached hydrogens (tertiary/aromatic N) is 2. The Morgan fingerprint density at radius 1 is 1.08 bits per heavy atom. The number of carbonyl (C=O) groups is 1. The minimum Gasteiger partial charge on any atom is -0.381 e. The van der Waals surface area contributed by atoms with Crippen molar-refractivity contribution in [2.24, 2.45) is 22.7 Å². The summed E-state index contributed by atoms with van der Waals surface area (Å²) in [5.41, 5.74) is 5.43. The van der Waals surface area contributed by atoms with Gasteiger partial charge in [-0.15, -0.1) is 13.2 Å². The number of hydrogen-bond donors (Lipinski definition) is 1. The second kappa shape index (κ2) is 13.5. The summed E-state index contributed by atoms with van der Waals surface area (Å²) in [5, 5.41) is 3.80. The largest absolute Gasteiger partial charge is 0.381 e. The van der Waals surface area contributed by atoms with Gasteiger partial charge in [0.1, 0.15) is 0 Å². The molecule has 3 aliphatic heterocycles. The molecular weight excluding hydrogens is 458 g/mol. The number of amides is 1. The van der Waals surface area contributed by atoms with E-state index in [1.807, 2.05) is 6.20 Å². The van der Waals surface area contributed by atoms with Gasteiger partial charge >= 0.3 is 0 Å². The highest BCUT2D eigenvalue weighted by molar-refractivity contribution is 5.82. The van der Waals surface area contributed by atoms with E-state index in [1.54, 1.807) is 0 Å². The molecule has 5 nitrogen and oxygen atoms in total. The summed E-state index contributed by atoms with van der Waals surface area (Å²) in [4.78, 5) is 19.9. The molecule has 3 heterocycles. The molecule has 1 amide bonds. The summed E-state index contributed by atoms with van der Waals surface area (Å²) in [6.07, 6.45) is 14.3. The number of fused-ring (bicyclic) bond motifs is 2. The van der Waals surface area contributed by atoms with E-state index in [9.17, 15) is 4.79 Å². The number of hydrogen-bond acceptors (Lipinski definition) is 4. The molecule has 5 aliphatic rings. The first-order chi connectivity index (χ1) is 18.2. The van der Waals surface area contributed by atoms with Gasteiger partial charge in [-0.2, -0.15) is 0 Å². The lowest BCUT2D eigenvalue weighted by Crippen LogP contribution is -2.42. The van der Waals surface area contributed by atoms with Crippen molar-refractivity contribution >= 4 is 17.7 Å². The standard InChI is InChI=1S/C26H33N3O2.C4H10.C2H4.H2/c30-26(19-3-4-23(12-19)28-22-6-9-31-10-7-22)29-8-5-17-1-2-18(11-21(17)16-29)25-15-27-14-20-13-24(20)25;1-3-4-2;1-2;/h1-2,11,14-15,19-20,22-24,28H,3-10,12-13,16H2;3-4H2,1-2H3;1-2H2;1H. The van der Waals surface area contributed by atoms with Crippen LogP contribution in [0.2, 0.25) is 0 Å². The van der Waals surface area contributed by atoms with Gasteiger partial charge in [-0.3, -0.25) is 9.79 Å². The van der Waals surface area contributed by atoms with Crippen LogP contribution < -0.4 is 5.32 Å². The van der Waals surface area contributed by atoms with Crippen LogP contribution in [0, 0.1) is 17.8 Å². The number of aliphatic imine (C=N–C) groups is 1. The molecule has 5 heteroatoms. The zero-order valence-corrected chi connectivity index (χ0v) is 23.1. The third kappa shape index (κ3) is 7.00. The van der Waals surface area contributed by atoms with Crippen LogP contribution in [0.5, 0.6) is 0 Å². The second-order valence-corrected chi connectivity index (χ2v) is 11.1. The molecule has 0 bridgehead atoms. The van der Waals surface area contributed by atoms with Crippen molar-refractivity contribution in [2.75, 3.05) is 19.8 Å². The Hall–Kier alpha value is -2.24. The topological polar surface area (TPSA) is 53.9 Å². The smallest absolute Gasteiger partial charge is 0.226 e. The van der Waals surface area contributed by atoms with E-state index in [0.29, 0.717) is 29.8 Å². The summed E-state index contributed by atoms with van der Waals surface area (Å²) in [7, 11) is 0. The molecular formula is C32H49N3O2. The molecule has 4 atom stereocenters. The average molecular weight is 508 g/mol. The van der Waals surface area contributed by atoms with Crippen molar-refractivity contribution in [1.82, 2.24) is 10.2 Å². The Morgan fingerprint density at radius 3 is 2.62 bits per heavy atom. The molecule has 2 saturated carbocycles. The highest BCUT2D eigenvalue weighted by atomic mass is 16.5. The highest BCUT2D eigenvalue weighted by Gasteiger charge is 2.41. The highest BCUT2D eigenvalue weighted by Crippen LogP contribution is 2.49. The third-order valence-electron chi connectivity index (χ3n) is 8.57. The lowest BCUT2D eigenvalue weighted by atomic mass is 9.92. The van der Waals surface area contributed by atoms with Crippen LogP contribution >= 0.6 is 0 Å². The zero-order chi connectivity index (χ0) is 26.2. The zero-order valence-electron chi connectivity index (χ0n) is 23.1. The molecule has 0 spiro atoms. The van der Waals surface area contributed by atoms with E-state index in [-0.39, 0.29) is 7.34 Å². The molecule has 0 aromatic heterocycles. The quantitative estimate of drug-likeness (QED) is 0.468. The number of benzene rings is 1. The first kappa shape index (κ1) is 27.8. The van der Waals surface area contributed by atoms with E-state index in [2.05, 4.69) is 66.6 Å². The molecule has 1 saturated heterocycles. The number of nitrogens with one attached hydrogen (secondary N) is 1. The molecule has 1 aromatic carbocycles. The Labute approximate surface area is 225 Å². The molecule has 2 aliphatic carbocycles. The number of allylic oxidation sites excluding steroid dienone is 1. The van der Waals surface area contributed by atoms with Crippen molar-refractivity contribution < 1.29 is 11.0 Å². The molecule has 3 fully saturated rings. The summed E-state index contributed by atoms with van der Waals surface area (Å²) in [5.74, 6) is 1.87. The summed E-state index contributed by atoms with van der Waals surface area (Å²) in [6, 6.07) is 7.94. The Kier molecular flexibility index (Phi) is 10.2. The van der Waals surface area contributed by atoms with Crippen LogP contribution in [0.15, 0.2) is 42.5 Å². The maximum absolute atomic E-state index is 13.3. The predicted molar refractivity (Wildman–Crippen MR) is 156 cm³/mol. The average Bonchev–Trinajstić information content (AvgIpc) is 3.63. The van der Waals surface area contributed by atoms with E-state index in [4.69, 9.17) is 4.74 Å². The molecule has 1 aromatic rings. The van der Waals surface area contributed by atoms with Crippen molar-refractivity contribution in [3.63, 3.8) is 0 Å². The Bertz CT molecular complexity index is 969. The van der Waals surface area contributed by atoms with Crippen LogP contribution in [-0.4, -0.2) is 48.9 Å². The third-order valence-corrected chi connectivity index (χ3v) is 8.57. The van der Waals surface area contributed by atoms with Gasteiger partial charge in [0.2, 0.25) is 5.91 Å². The lowest BCUT2D eigenvalue weighted by molar-refractivity contribution is -0.136. The fourth-order valence-corrected chi connectivity index (χ4v) is 6.09. The van der Waals surface area contributed by atoms with Crippen molar-refractivity contribution in [3.8, 4) is 0 Å². The van der Waals surface area contributed by atoms with E-state index >= 15 is 0 Å². The van der Waals surface area contributed by atoms with Crippen molar-refractivity contribution in [1.29, 1.82) is 0 Å². The van der Waals surface area contributed by atoms with E-state index in [0.717, 1.165) is 64.8 Å². The first-order valence-corrected chi connectivity index (χ1v) is 14.6. The molecule has 6 rings (SSSR count). The molecule has 0 radical (unpaired) electrons. The van der Waals surface area contributed by atoms with Crippen molar-refractivity contribution in [2.45, 2.75) is 90.3 Å². The van der Waals surface area contributed by atoms with Crippen LogP contribution in [0.25, 0.3) is 5.57 Å². The minimum absolute atomic E-state index is 0. The molecule has 204 valence electrons. The predicted octanol–water partition coefficient (Wildman–Crippen LogP) is 6.42. The van der Waals surface area contributed by atoms with Crippen LogP contribution in [0.4, 0.5) is 0 Å². The molecule has 1 N–H and O–H groups in total. The van der Waals surface area contributed by atoms with Gasteiger partial charge in [0.05, 0.1) is 0 Å².